The lowest BCUT2D eigenvalue weighted by Crippen LogP contribution is -2.33. The number of nitrogens with zero attached hydrogens (tertiary/aromatic N) is 4. The summed E-state index contributed by atoms with van der Waals surface area (Å²) < 4.78 is 5.69. The molecule has 1 aliphatic rings. The van der Waals surface area contributed by atoms with Crippen LogP contribution in [-0.2, 0) is 17.8 Å². The summed E-state index contributed by atoms with van der Waals surface area (Å²) in [4.78, 5) is 19.3. The first-order valence-corrected chi connectivity index (χ1v) is 11.3. The lowest BCUT2D eigenvalue weighted by Gasteiger charge is -2.30. The standard InChI is InChI=1S/C22H27N5O2S/c1-15-5-7-17(8-6-15)21-26-25-20(29-21)10-9-19(28)24-22-23-18(14-30-22)13-27-11-3-4-16(2)12-27/h5-8,14,16H,3-4,9-13H2,1-2H3,(H,23,24,28). The summed E-state index contributed by atoms with van der Waals surface area (Å²) in [6.07, 6.45) is 3.22. The quantitative estimate of drug-likeness (QED) is 0.607. The van der Waals surface area contributed by atoms with Crippen LogP contribution >= 0.6 is 11.3 Å². The Balaban J connectivity index is 1.25. The number of rotatable bonds is 7. The Hall–Kier alpha value is -2.58. The second-order valence-electron chi connectivity index (χ2n) is 8.04. The zero-order valence-electron chi connectivity index (χ0n) is 17.4. The zero-order chi connectivity index (χ0) is 20.9. The van der Waals surface area contributed by atoms with Crippen molar-refractivity contribution in [2.24, 2.45) is 5.92 Å². The van der Waals surface area contributed by atoms with E-state index in [1.54, 1.807) is 0 Å². The number of anilines is 1. The number of aromatic nitrogens is 3. The number of carbonyl (C=O) groups excluding carboxylic acids is 1. The summed E-state index contributed by atoms with van der Waals surface area (Å²) in [5.74, 6) is 1.58. The van der Waals surface area contributed by atoms with Gasteiger partial charge >= 0.3 is 0 Å². The van der Waals surface area contributed by atoms with Crippen molar-refractivity contribution >= 4 is 22.4 Å². The summed E-state index contributed by atoms with van der Waals surface area (Å²) in [5, 5.41) is 13.7. The van der Waals surface area contributed by atoms with E-state index in [4.69, 9.17) is 4.42 Å². The molecule has 0 spiro atoms. The number of nitrogens with one attached hydrogen (secondary N) is 1. The van der Waals surface area contributed by atoms with Crippen LogP contribution in [0.15, 0.2) is 34.1 Å². The number of amides is 1. The molecule has 4 rings (SSSR count). The topological polar surface area (TPSA) is 84.2 Å². The summed E-state index contributed by atoms with van der Waals surface area (Å²) in [6.45, 7) is 7.42. The molecule has 3 heterocycles. The Kier molecular flexibility index (Phi) is 6.54. The van der Waals surface area contributed by atoms with E-state index in [0.717, 1.165) is 36.8 Å². The van der Waals surface area contributed by atoms with Gasteiger partial charge in [0.1, 0.15) is 0 Å². The Morgan fingerprint density at radius 2 is 2.13 bits per heavy atom. The van der Waals surface area contributed by atoms with E-state index in [-0.39, 0.29) is 12.3 Å². The molecule has 1 aliphatic heterocycles. The summed E-state index contributed by atoms with van der Waals surface area (Å²) in [7, 11) is 0. The molecule has 1 aromatic carbocycles. The summed E-state index contributed by atoms with van der Waals surface area (Å²) >= 11 is 1.47. The fraction of sp³-hybridized carbons (Fsp3) is 0.455. The van der Waals surface area contributed by atoms with Gasteiger partial charge < -0.3 is 9.73 Å². The van der Waals surface area contributed by atoms with Gasteiger partial charge in [-0.3, -0.25) is 9.69 Å². The van der Waals surface area contributed by atoms with Crippen LogP contribution in [0.5, 0.6) is 0 Å². The van der Waals surface area contributed by atoms with E-state index in [9.17, 15) is 4.79 Å². The molecule has 158 valence electrons. The summed E-state index contributed by atoms with van der Waals surface area (Å²) in [6, 6.07) is 7.90. The highest BCUT2D eigenvalue weighted by atomic mass is 32.1. The highest BCUT2D eigenvalue weighted by molar-refractivity contribution is 7.13. The minimum absolute atomic E-state index is 0.0995. The van der Waals surface area contributed by atoms with Crippen molar-refractivity contribution in [3.63, 3.8) is 0 Å². The molecule has 1 amide bonds. The van der Waals surface area contributed by atoms with Gasteiger partial charge in [-0.25, -0.2) is 4.98 Å². The van der Waals surface area contributed by atoms with Crippen molar-refractivity contribution in [1.82, 2.24) is 20.1 Å². The highest BCUT2D eigenvalue weighted by Crippen LogP contribution is 2.22. The minimum Gasteiger partial charge on any atom is -0.421 e. The number of benzene rings is 1. The predicted octanol–water partition coefficient (Wildman–Crippen LogP) is 4.30. The van der Waals surface area contributed by atoms with Gasteiger partial charge in [-0.1, -0.05) is 24.6 Å². The van der Waals surface area contributed by atoms with Crippen molar-refractivity contribution < 1.29 is 9.21 Å². The van der Waals surface area contributed by atoms with Gasteiger partial charge in [0.25, 0.3) is 0 Å². The van der Waals surface area contributed by atoms with Crippen LogP contribution in [0.2, 0.25) is 0 Å². The van der Waals surface area contributed by atoms with Gasteiger partial charge in [-0.15, -0.1) is 21.5 Å². The molecule has 0 saturated carbocycles. The van der Waals surface area contributed by atoms with E-state index in [1.807, 2.05) is 36.6 Å². The van der Waals surface area contributed by atoms with E-state index in [1.165, 1.54) is 29.7 Å². The second-order valence-corrected chi connectivity index (χ2v) is 8.90. The Labute approximate surface area is 180 Å². The van der Waals surface area contributed by atoms with Crippen LogP contribution < -0.4 is 5.32 Å². The van der Waals surface area contributed by atoms with Gasteiger partial charge in [0.15, 0.2) is 5.13 Å². The maximum absolute atomic E-state index is 12.3. The number of piperidine rings is 1. The number of thiazole rings is 1. The second kappa shape index (κ2) is 9.49. The van der Waals surface area contributed by atoms with Gasteiger partial charge in [0.05, 0.1) is 5.69 Å². The summed E-state index contributed by atoms with van der Waals surface area (Å²) in [5.41, 5.74) is 3.07. The molecule has 0 radical (unpaired) electrons. The Bertz CT molecular complexity index is 982. The third kappa shape index (κ3) is 5.52. The molecule has 2 aromatic heterocycles. The van der Waals surface area contributed by atoms with Crippen LogP contribution in [0.1, 0.15) is 43.3 Å². The maximum atomic E-state index is 12.3. The van der Waals surface area contributed by atoms with Gasteiger partial charge in [-0.2, -0.15) is 0 Å². The molecule has 0 aliphatic carbocycles. The molecule has 1 N–H and O–H groups in total. The van der Waals surface area contributed by atoms with Crippen molar-refractivity contribution in [3.8, 4) is 11.5 Å². The smallest absolute Gasteiger partial charge is 0.247 e. The zero-order valence-corrected chi connectivity index (χ0v) is 18.2. The third-order valence-corrected chi connectivity index (χ3v) is 6.06. The Morgan fingerprint density at radius 1 is 1.30 bits per heavy atom. The Morgan fingerprint density at radius 3 is 2.93 bits per heavy atom. The molecular weight excluding hydrogens is 398 g/mol. The lowest BCUT2D eigenvalue weighted by molar-refractivity contribution is -0.116. The van der Waals surface area contributed by atoms with Gasteiger partial charge in [0.2, 0.25) is 17.7 Å². The van der Waals surface area contributed by atoms with Crippen LogP contribution in [0.4, 0.5) is 5.13 Å². The third-order valence-electron chi connectivity index (χ3n) is 5.26. The van der Waals surface area contributed by atoms with E-state index < -0.39 is 0 Å². The van der Waals surface area contributed by atoms with Crippen LogP contribution in [0, 0.1) is 12.8 Å². The number of hydrogen-bond acceptors (Lipinski definition) is 7. The van der Waals surface area contributed by atoms with E-state index >= 15 is 0 Å². The monoisotopic (exact) mass is 425 g/mol. The molecule has 3 aromatic rings. The highest BCUT2D eigenvalue weighted by Gasteiger charge is 2.18. The number of likely N-dealkylation sites (tertiary alicyclic amines) is 1. The average molecular weight is 426 g/mol. The molecule has 1 unspecified atom stereocenters. The van der Waals surface area contributed by atoms with Gasteiger partial charge in [0, 0.05) is 36.9 Å². The first-order chi connectivity index (χ1) is 14.5. The maximum Gasteiger partial charge on any atom is 0.247 e. The van der Waals surface area contributed by atoms with Crippen molar-refractivity contribution in [2.75, 3.05) is 18.4 Å². The molecule has 1 saturated heterocycles. The first kappa shape index (κ1) is 20.7. The normalized spacial score (nSPS) is 17.2. The largest absolute Gasteiger partial charge is 0.421 e. The number of hydrogen-bond donors (Lipinski definition) is 1. The van der Waals surface area contributed by atoms with Crippen LogP contribution in [0.25, 0.3) is 11.5 Å². The molecule has 1 fully saturated rings. The molecule has 0 bridgehead atoms. The molecule has 1 atom stereocenters. The fourth-order valence-corrected chi connectivity index (χ4v) is 4.38. The molecule has 7 nitrogen and oxygen atoms in total. The average Bonchev–Trinajstić information content (AvgIpc) is 3.37. The minimum atomic E-state index is -0.0995. The SMILES string of the molecule is Cc1ccc(-c2nnc(CCC(=O)Nc3nc(CN4CCCC(C)C4)cs3)o2)cc1. The number of aryl methyl sites for hydroxylation is 2. The predicted molar refractivity (Wildman–Crippen MR) is 117 cm³/mol. The molecule has 8 heteroatoms. The molecule has 30 heavy (non-hydrogen) atoms. The van der Waals surface area contributed by atoms with Gasteiger partial charge in [-0.05, 0) is 44.4 Å². The van der Waals surface area contributed by atoms with Crippen LogP contribution in [0.3, 0.4) is 0 Å². The van der Waals surface area contributed by atoms with E-state index in [0.29, 0.717) is 23.3 Å². The molecular formula is C22H27N5O2S. The first-order valence-electron chi connectivity index (χ1n) is 10.4. The van der Waals surface area contributed by atoms with E-state index in [2.05, 4.69) is 32.3 Å². The fourth-order valence-electron chi connectivity index (χ4n) is 3.67. The van der Waals surface area contributed by atoms with Crippen molar-refractivity contribution in [2.45, 2.75) is 46.1 Å². The number of carbonyl (C=O) groups is 1. The van der Waals surface area contributed by atoms with Crippen molar-refractivity contribution in [3.05, 3.63) is 46.8 Å². The van der Waals surface area contributed by atoms with Crippen molar-refractivity contribution in [1.29, 1.82) is 0 Å². The van der Waals surface area contributed by atoms with Crippen LogP contribution in [-0.4, -0.2) is 39.1 Å². The lowest BCUT2D eigenvalue weighted by atomic mass is 10.0.